The molecule has 1 aromatic heterocycles. The zero-order valence-corrected chi connectivity index (χ0v) is 10.8. The van der Waals surface area contributed by atoms with E-state index in [1.54, 1.807) is 0 Å². The molecule has 1 heterocycles. The molecule has 1 aliphatic carbocycles. The van der Waals surface area contributed by atoms with Crippen molar-refractivity contribution in [3.8, 4) is 0 Å². The first-order valence-corrected chi connectivity index (χ1v) is 6.43. The van der Waals surface area contributed by atoms with Crippen molar-refractivity contribution in [1.29, 1.82) is 0 Å². The lowest BCUT2D eigenvalue weighted by atomic mass is 10.1. The first-order chi connectivity index (χ1) is 7.56. The van der Waals surface area contributed by atoms with Crippen LogP contribution in [0.5, 0.6) is 0 Å². The highest BCUT2D eigenvalue weighted by Crippen LogP contribution is 2.41. The van der Waals surface area contributed by atoms with Crippen LogP contribution in [-0.2, 0) is 0 Å². The summed E-state index contributed by atoms with van der Waals surface area (Å²) in [4.78, 5) is 4.78. The van der Waals surface area contributed by atoms with Crippen LogP contribution in [0.2, 0.25) is 0 Å². The number of anilines is 1. The Bertz CT molecular complexity index is 375. The van der Waals surface area contributed by atoms with Gasteiger partial charge in [-0.25, -0.2) is 4.98 Å². The molecule has 0 radical (unpaired) electrons. The molecule has 0 amide bonds. The standard InChI is InChI=1S/C13H23N3/c1-5-9(4)11-12(14)16(10-6-7-10)13(15-11)8(2)3/h8-10H,5-7,14H2,1-4H3. The molecular weight excluding hydrogens is 198 g/mol. The molecule has 1 saturated carbocycles. The van der Waals surface area contributed by atoms with Crippen LogP contribution in [-0.4, -0.2) is 9.55 Å². The van der Waals surface area contributed by atoms with E-state index in [0.717, 1.165) is 17.9 Å². The maximum atomic E-state index is 6.26. The van der Waals surface area contributed by atoms with Crippen LogP contribution in [0.15, 0.2) is 0 Å². The van der Waals surface area contributed by atoms with E-state index in [1.807, 2.05) is 0 Å². The minimum atomic E-state index is 0.459. The number of rotatable bonds is 4. The quantitative estimate of drug-likeness (QED) is 0.846. The number of aromatic nitrogens is 2. The van der Waals surface area contributed by atoms with E-state index in [2.05, 4.69) is 32.3 Å². The zero-order valence-electron chi connectivity index (χ0n) is 10.8. The van der Waals surface area contributed by atoms with E-state index in [9.17, 15) is 0 Å². The lowest BCUT2D eigenvalue weighted by molar-refractivity contribution is 0.645. The first kappa shape index (κ1) is 11.5. The topological polar surface area (TPSA) is 43.8 Å². The summed E-state index contributed by atoms with van der Waals surface area (Å²) in [6, 6.07) is 0.628. The second-order valence-corrected chi connectivity index (χ2v) is 5.31. The van der Waals surface area contributed by atoms with E-state index in [0.29, 0.717) is 17.9 Å². The normalized spacial score (nSPS) is 18.1. The van der Waals surface area contributed by atoms with Gasteiger partial charge in [-0.15, -0.1) is 0 Å². The lowest BCUT2D eigenvalue weighted by Gasteiger charge is -2.10. The predicted molar refractivity (Wildman–Crippen MR) is 67.7 cm³/mol. The van der Waals surface area contributed by atoms with Crippen molar-refractivity contribution in [1.82, 2.24) is 9.55 Å². The van der Waals surface area contributed by atoms with E-state index >= 15 is 0 Å². The van der Waals surface area contributed by atoms with Crippen molar-refractivity contribution in [2.75, 3.05) is 5.73 Å². The Morgan fingerprint density at radius 1 is 1.38 bits per heavy atom. The molecule has 0 aliphatic heterocycles. The smallest absolute Gasteiger partial charge is 0.127 e. The summed E-state index contributed by atoms with van der Waals surface area (Å²) in [6.45, 7) is 8.79. The maximum absolute atomic E-state index is 6.26. The number of nitrogens with two attached hydrogens (primary N) is 1. The third-order valence-electron chi connectivity index (χ3n) is 3.51. The number of nitrogen functional groups attached to an aromatic ring is 1. The SMILES string of the molecule is CCC(C)c1nc(C(C)C)n(C2CC2)c1N. The fourth-order valence-electron chi connectivity index (χ4n) is 2.16. The summed E-state index contributed by atoms with van der Waals surface area (Å²) in [5, 5.41) is 0. The minimum Gasteiger partial charge on any atom is -0.384 e. The second-order valence-electron chi connectivity index (χ2n) is 5.31. The molecule has 16 heavy (non-hydrogen) atoms. The lowest BCUT2D eigenvalue weighted by Crippen LogP contribution is -2.07. The molecule has 90 valence electrons. The van der Waals surface area contributed by atoms with Crippen LogP contribution in [0, 0.1) is 0 Å². The fourth-order valence-corrected chi connectivity index (χ4v) is 2.16. The van der Waals surface area contributed by atoms with Gasteiger partial charge in [0.1, 0.15) is 11.6 Å². The van der Waals surface area contributed by atoms with Crippen LogP contribution >= 0.6 is 0 Å². The number of hydrogen-bond donors (Lipinski definition) is 1. The van der Waals surface area contributed by atoms with Gasteiger partial charge in [-0.3, -0.25) is 0 Å². The average Bonchev–Trinajstić information content (AvgIpc) is 3.01. The van der Waals surface area contributed by atoms with Crippen LogP contribution < -0.4 is 5.73 Å². The highest BCUT2D eigenvalue weighted by molar-refractivity contribution is 5.42. The fraction of sp³-hybridized carbons (Fsp3) is 0.769. The Labute approximate surface area is 98.1 Å². The molecular formula is C13H23N3. The van der Waals surface area contributed by atoms with Gasteiger partial charge >= 0.3 is 0 Å². The number of hydrogen-bond acceptors (Lipinski definition) is 2. The van der Waals surface area contributed by atoms with Gasteiger partial charge < -0.3 is 10.3 Å². The summed E-state index contributed by atoms with van der Waals surface area (Å²) < 4.78 is 2.28. The molecule has 2 rings (SSSR count). The molecule has 1 atom stereocenters. The van der Waals surface area contributed by atoms with Crippen LogP contribution in [0.25, 0.3) is 0 Å². The van der Waals surface area contributed by atoms with Gasteiger partial charge in [0, 0.05) is 17.9 Å². The van der Waals surface area contributed by atoms with E-state index in [-0.39, 0.29) is 0 Å². The Morgan fingerprint density at radius 2 is 2.00 bits per heavy atom. The Hall–Kier alpha value is -0.990. The Kier molecular flexibility index (Phi) is 2.96. The first-order valence-electron chi connectivity index (χ1n) is 6.43. The molecule has 1 aliphatic rings. The molecule has 0 saturated heterocycles. The van der Waals surface area contributed by atoms with Crippen molar-refractivity contribution in [3.05, 3.63) is 11.5 Å². The molecule has 0 bridgehead atoms. The molecule has 1 fully saturated rings. The summed E-state index contributed by atoms with van der Waals surface area (Å²) >= 11 is 0. The maximum Gasteiger partial charge on any atom is 0.127 e. The van der Waals surface area contributed by atoms with E-state index in [4.69, 9.17) is 10.7 Å². The largest absolute Gasteiger partial charge is 0.384 e. The molecule has 3 nitrogen and oxygen atoms in total. The summed E-state index contributed by atoms with van der Waals surface area (Å²) in [7, 11) is 0. The van der Waals surface area contributed by atoms with Crippen molar-refractivity contribution in [2.24, 2.45) is 0 Å². The van der Waals surface area contributed by atoms with Crippen molar-refractivity contribution in [2.45, 2.75) is 64.8 Å². The summed E-state index contributed by atoms with van der Waals surface area (Å²) in [5.41, 5.74) is 7.37. The zero-order chi connectivity index (χ0) is 11.9. The molecule has 1 aromatic rings. The third kappa shape index (κ3) is 1.83. The molecule has 2 N–H and O–H groups in total. The van der Waals surface area contributed by atoms with Gasteiger partial charge in [0.2, 0.25) is 0 Å². The minimum absolute atomic E-state index is 0.459. The van der Waals surface area contributed by atoms with Gasteiger partial charge in [0.25, 0.3) is 0 Å². The average molecular weight is 221 g/mol. The van der Waals surface area contributed by atoms with Crippen LogP contribution in [0.1, 0.15) is 76.4 Å². The molecule has 1 unspecified atom stereocenters. The second kappa shape index (κ2) is 4.11. The molecule has 0 aromatic carbocycles. The van der Waals surface area contributed by atoms with Gasteiger partial charge in [-0.1, -0.05) is 27.7 Å². The van der Waals surface area contributed by atoms with E-state index in [1.165, 1.54) is 18.7 Å². The van der Waals surface area contributed by atoms with Crippen molar-refractivity contribution in [3.63, 3.8) is 0 Å². The Morgan fingerprint density at radius 3 is 2.44 bits per heavy atom. The van der Waals surface area contributed by atoms with Gasteiger partial charge in [0.05, 0.1) is 5.69 Å². The number of nitrogens with zero attached hydrogens (tertiary/aromatic N) is 2. The monoisotopic (exact) mass is 221 g/mol. The van der Waals surface area contributed by atoms with Crippen molar-refractivity contribution >= 4 is 5.82 Å². The highest BCUT2D eigenvalue weighted by Gasteiger charge is 2.31. The van der Waals surface area contributed by atoms with Crippen LogP contribution in [0.3, 0.4) is 0 Å². The number of imidazole rings is 1. The Balaban J connectivity index is 2.44. The van der Waals surface area contributed by atoms with Gasteiger partial charge in [-0.2, -0.15) is 0 Å². The van der Waals surface area contributed by atoms with Gasteiger partial charge in [-0.05, 0) is 19.3 Å². The third-order valence-corrected chi connectivity index (χ3v) is 3.51. The predicted octanol–water partition coefficient (Wildman–Crippen LogP) is 3.44. The van der Waals surface area contributed by atoms with E-state index < -0.39 is 0 Å². The molecule has 3 heteroatoms. The summed E-state index contributed by atoms with van der Waals surface area (Å²) in [6.07, 6.45) is 3.63. The highest BCUT2D eigenvalue weighted by atomic mass is 15.2. The van der Waals surface area contributed by atoms with Crippen LogP contribution in [0.4, 0.5) is 5.82 Å². The molecule has 0 spiro atoms. The van der Waals surface area contributed by atoms with Gasteiger partial charge in [0.15, 0.2) is 0 Å². The summed E-state index contributed by atoms with van der Waals surface area (Å²) in [5.74, 6) is 3.02. The van der Waals surface area contributed by atoms with Crippen molar-refractivity contribution < 1.29 is 0 Å².